The number of carbonyl (C=O) groups excluding carboxylic acids is 1. The van der Waals surface area contributed by atoms with Crippen LogP contribution in [0.4, 0.5) is 0 Å². The first-order chi connectivity index (χ1) is 10.0. The molecule has 2 rings (SSSR count). The van der Waals surface area contributed by atoms with Crippen LogP contribution in [0.5, 0.6) is 0 Å². The number of carbonyl (C=O) groups is 1. The zero-order chi connectivity index (χ0) is 15.4. The number of hydrogen-bond acceptors (Lipinski definition) is 3. The van der Waals surface area contributed by atoms with Crippen LogP contribution in [-0.2, 0) is 6.42 Å². The van der Waals surface area contributed by atoms with E-state index < -0.39 is 0 Å². The van der Waals surface area contributed by atoms with Crippen LogP contribution < -0.4 is 0 Å². The fourth-order valence-corrected chi connectivity index (χ4v) is 3.41. The summed E-state index contributed by atoms with van der Waals surface area (Å²) >= 11 is 6.70. The van der Waals surface area contributed by atoms with E-state index in [0.29, 0.717) is 16.2 Å². The predicted molar refractivity (Wildman–Crippen MR) is 89.5 cm³/mol. The lowest BCUT2D eigenvalue weighted by Crippen LogP contribution is -2.10. The summed E-state index contributed by atoms with van der Waals surface area (Å²) in [6.45, 7) is 4.28. The van der Waals surface area contributed by atoms with Crippen molar-refractivity contribution in [1.82, 2.24) is 14.8 Å². The predicted octanol–water partition coefficient (Wildman–Crippen LogP) is 4.59. The third kappa shape index (κ3) is 4.01. The van der Waals surface area contributed by atoms with E-state index in [4.69, 9.17) is 0 Å². The highest BCUT2D eigenvalue weighted by atomic mass is 79.9. The Morgan fingerprint density at radius 2 is 2.05 bits per heavy atom. The first kappa shape index (κ1) is 16.4. The van der Waals surface area contributed by atoms with Crippen molar-refractivity contribution in [2.24, 2.45) is 0 Å². The van der Waals surface area contributed by atoms with Gasteiger partial charge in [0, 0.05) is 21.3 Å². The number of aromatic nitrogens is 3. The normalized spacial score (nSPS) is 11.1. The highest BCUT2D eigenvalue weighted by Crippen LogP contribution is 2.21. The summed E-state index contributed by atoms with van der Waals surface area (Å²) in [5, 5.41) is 4.51. The van der Waals surface area contributed by atoms with Crippen LogP contribution in [0.3, 0.4) is 0 Å². The van der Waals surface area contributed by atoms with E-state index in [2.05, 4.69) is 55.8 Å². The summed E-state index contributed by atoms with van der Waals surface area (Å²) in [4.78, 5) is 16.5. The van der Waals surface area contributed by atoms with Gasteiger partial charge in [0.2, 0.25) is 0 Å². The minimum atomic E-state index is -0.0378. The molecule has 0 aromatic carbocycles. The molecule has 2 aromatic heterocycles. The molecular formula is C15H17Br2N3O. The molecule has 0 radical (unpaired) electrons. The highest BCUT2D eigenvalue weighted by molar-refractivity contribution is 9.11. The molecule has 21 heavy (non-hydrogen) atoms. The molecule has 6 heteroatoms. The Morgan fingerprint density at radius 3 is 2.67 bits per heavy atom. The fourth-order valence-electron chi connectivity index (χ4n) is 2.21. The van der Waals surface area contributed by atoms with E-state index in [9.17, 15) is 4.79 Å². The number of hydrogen-bond donors (Lipinski definition) is 0. The Balaban J connectivity index is 2.13. The summed E-state index contributed by atoms with van der Waals surface area (Å²) in [5.74, 6) is -0.0378. The van der Waals surface area contributed by atoms with E-state index in [1.807, 2.05) is 23.0 Å². The van der Waals surface area contributed by atoms with Gasteiger partial charge in [-0.05, 0) is 56.8 Å². The average Bonchev–Trinajstić information content (AvgIpc) is 2.88. The molecule has 0 unspecified atom stereocenters. The summed E-state index contributed by atoms with van der Waals surface area (Å²) in [5.41, 5.74) is 1.22. The van der Waals surface area contributed by atoms with Gasteiger partial charge in [-0.25, -0.2) is 0 Å². The van der Waals surface area contributed by atoms with Crippen molar-refractivity contribution in [3.05, 3.63) is 44.9 Å². The molecule has 0 saturated carbocycles. The fraction of sp³-hybridized carbons (Fsp3) is 0.400. The Morgan fingerprint density at radius 1 is 1.33 bits per heavy atom. The molecule has 0 aliphatic rings. The number of pyridine rings is 1. The number of rotatable bonds is 6. The minimum Gasteiger partial charge on any atom is -0.292 e. The molecule has 0 saturated heterocycles. The number of ketones is 1. The Labute approximate surface area is 141 Å². The summed E-state index contributed by atoms with van der Waals surface area (Å²) in [7, 11) is 0. The van der Waals surface area contributed by atoms with E-state index >= 15 is 0 Å². The zero-order valence-electron chi connectivity index (χ0n) is 12.0. The largest absolute Gasteiger partial charge is 0.292 e. The minimum absolute atomic E-state index is 0.0378. The van der Waals surface area contributed by atoms with Gasteiger partial charge in [0.05, 0.1) is 18.2 Å². The number of Topliss-reactive ketones (excluding diaryl/α,β-unsaturated/α-hetero) is 1. The van der Waals surface area contributed by atoms with E-state index in [0.717, 1.165) is 23.0 Å². The van der Waals surface area contributed by atoms with Crippen LogP contribution in [0.15, 0.2) is 33.5 Å². The average molecular weight is 415 g/mol. The molecule has 0 spiro atoms. The molecular weight excluding hydrogens is 398 g/mol. The smallest absolute Gasteiger partial charge is 0.188 e. The van der Waals surface area contributed by atoms with Crippen LogP contribution in [-0.4, -0.2) is 20.5 Å². The Kier molecular flexibility index (Phi) is 5.70. The first-order valence-electron chi connectivity index (χ1n) is 6.93. The molecule has 0 fully saturated rings. The molecule has 4 nitrogen and oxygen atoms in total. The molecule has 0 N–H and O–H groups in total. The molecule has 0 amide bonds. The van der Waals surface area contributed by atoms with Gasteiger partial charge >= 0.3 is 0 Å². The maximum absolute atomic E-state index is 12.3. The molecule has 2 heterocycles. The highest BCUT2D eigenvalue weighted by Gasteiger charge is 2.15. The lowest BCUT2D eigenvalue weighted by molar-refractivity contribution is 0.0986. The van der Waals surface area contributed by atoms with E-state index in [-0.39, 0.29) is 12.2 Å². The topological polar surface area (TPSA) is 47.8 Å². The lowest BCUT2D eigenvalue weighted by atomic mass is 10.1. The monoisotopic (exact) mass is 413 g/mol. The zero-order valence-corrected chi connectivity index (χ0v) is 15.2. The summed E-state index contributed by atoms with van der Waals surface area (Å²) in [6.07, 6.45) is 5.91. The van der Waals surface area contributed by atoms with Crippen molar-refractivity contribution in [3.63, 3.8) is 0 Å². The molecule has 0 bridgehead atoms. The molecule has 2 aromatic rings. The van der Waals surface area contributed by atoms with Crippen molar-refractivity contribution in [2.45, 2.75) is 39.2 Å². The first-order valence-corrected chi connectivity index (χ1v) is 8.52. The van der Waals surface area contributed by atoms with Crippen molar-refractivity contribution in [3.8, 4) is 0 Å². The van der Waals surface area contributed by atoms with E-state index in [1.165, 1.54) is 0 Å². The Bertz CT molecular complexity index is 636. The molecule has 0 atom stereocenters. The Hall–Kier alpha value is -1.01. The van der Waals surface area contributed by atoms with Crippen molar-refractivity contribution >= 4 is 37.6 Å². The lowest BCUT2D eigenvalue weighted by Gasteiger charge is -2.12. The van der Waals surface area contributed by atoms with Crippen molar-refractivity contribution in [1.29, 1.82) is 0 Å². The maximum atomic E-state index is 12.3. The van der Waals surface area contributed by atoms with Gasteiger partial charge in [-0.2, -0.15) is 5.10 Å². The maximum Gasteiger partial charge on any atom is 0.188 e. The van der Waals surface area contributed by atoms with Gasteiger partial charge in [-0.1, -0.05) is 13.8 Å². The van der Waals surface area contributed by atoms with Crippen LogP contribution in [0, 0.1) is 0 Å². The van der Waals surface area contributed by atoms with Gasteiger partial charge in [0.1, 0.15) is 5.69 Å². The quantitative estimate of drug-likeness (QED) is 0.649. The van der Waals surface area contributed by atoms with E-state index in [1.54, 1.807) is 6.20 Å². The standard InChI is InChI=1S/C15H17Br2N3O/c1-3-12(4-2)20-6-5-11(19-20)8-14(21)15-13(17)7-10(16)9-18-15/h5-7,9,12H,3-4,8H2,1-2H3. The number of halogens is 2. The van der Waals surface area contributed by atoms with Gasteiger partial charge in [0.15, 0.2) is 5.78 Å². The second-order valence-corrected chi connectivity index (χ2v) is 6.61. The number of nitrogens with zero attached hydrogens (tertiary/aromatic N) is 3. The molecule has 0 aliphatic heterocycles. The van der Waals surface area contributed by atoms with Crippen LogP contribution in [0.2, 0.25) is 0 Å². The van der Waals surface area contributed by atoms with Gasteiger partial charge in [-0.15, -0.1) is 0 Å². The molecule has 0 aliphatic carbocycles. The molecule has 112 valence electrons. The van der Waals surface area contributed by atoms with Crippen LogP contribution in [0.1, 0.15) is 48.9 Å². The third-order valence-electron chi connectivity index (χ3n) is 3.39. The van der Waals surface area contributed by atoms with Crippen molar-refractivity contribution in [2.75, 3.05) is 0 Å². The second-order valence-electron chi connectivity index (χ2n) is 4.84. The summed E-state index contributed by atoms with van der Waals surface area (Å²) in [6, 6.07) is 4.12. The third-order valence-corrected chi connectivity index (χ3v) is 4.43. The van der Waals surface area contributed by atoms with Gasteiger partial charge in [-0.3, -0.25) is 14.5 Å². The van der Waals surface area contributed by atoms with Crippen molar-refractivity contribution < 1.29 is 4.79 Å². The summed E-state index contributed by atoms with van der Waals surface area (Å²) < 4.78 is 3.48. The van der Waals surface area contributed by atoms with Gasteiger partial charge in [0.25, 0.3) is 0 Å². The van der Waals surface area contributed by atoms with Crippen LogP contribution in [0.25, 0.3) is 0 Å². The SMILES string of the molecule is CCC(CC)n1ccc(CC(=O)c2ncc(Br)cc2Br)n1. The second kappa shape index (κ2) is 7.31. The van der Waals surface area contributed by atoms with Crippen LogP contribution >= 0.6 is 31.9 Å². The van der Waals surface area contributed by atoms with Gasteiger partial charge < -0.3 is 0 Å².